The fraction of sp³-hybridized carbons (Fsp3) is 0. The molecule has 0 atom stereocenters. The Hall–Kier alpha value is 0.210. The summed E-state index contributed by atoms with van der Waals surface area (Å²) in [7, 11) is 0. The monoisotopic (exact) mass is 196 g/mol. The normalized spacial score (nSPS) is 5.67. The minimum atomic E-state index is -2.08. The van der Waals surface area contributed by atoms with Crippen LogP contribution in [0.4, 0.5) is 4.79 Å². The molecule has 0 saturated heterocycles. The van der Waals surface area contributed by atoms with E-state index < -0.39 is 18.1 Å². The number of carboxylic acids is 2. The zero-order valence-corrected chi connectivity index (χ0v) is 10.4. The number of aliphatic carboxylic acids is 2. The van der Waals surface area contributed by atoms with Crippen molar-refractivity contribution in [3.63, 3.8) is 0 Å². The minimum absolute atomic E-state index is 0. The number of rotatable bonds is 0. The molecule has 9 heteroatoms. The van der Waals surface area contributed by atoms with Crippen molar-refractivity contribution in [1.82, 2.24) is 0 Å². The van der Waals surface area contributed by atoms with Crippen LogP contribution in [0, 0.1) is 0 Å². The maximum Gasteiger partial charge on any atom is 1.00 e. The third-order valence-corrected chi connectivity index (χ3v) is 0.175. The third kappa shape index (κ3) is 48.9. The third-order valence-electron chi connectivity index (χ3n) is 0.175. The van der Waals surface area contributed by atoms with Crippen LogP contribution in [0.15, 0.2) is 0 Å². The van der Waals surface area contributed by atoms with Gasteiger partial charge in [-0.2, -0.15) is 0 Å². The van der Waals surface area contributed by atoms with Crippen LogP contribution >= 0.6 is 0 Å². The maximum absolute atomic E-state index is 9.04. The van der Waals surface area contributed by atoms with Crippen molar-refractivity contribution in [1.29, 1.82) is 0 Å². The van der Waals surface area contributed by atoms with E-state index in [9.17, 15) is 0 Å². The van der Waals surface area contributed by atoms with Crippen LogP contribution < -0.4 is 69.3 Å². The van der Waals surface area contributed by atoms with Crippen LogP contribution in [-0.4, -0.2) is 28.3 Å². The van der Waals surface area contributed by atoms with Gasteiger partial charge in [-0.15, -0.1) is 0 Å². The van der Waals surface area contributed by atoms with Gasteiger partial charge in [-0.1, -0.05) is 0 Å². The molecule has 0 aromatic heterocycles. The number of hydrogen-bond donors (Lipinski definition) is 2. The number of hydrogen-bond acceptors (Lipinski definition) is 5. The van der Waals surface area contributed by atoms with E-state index in [2.05, 4.69) is 0 Å². The first-order chi connectivity index (χ1) is 4.37. The van der Waals surface area contributed by atoms with Gasteiger partial charge >= 0.3 is 65.1 Å². The van der Waals surface area contributed by atoms with Crippen LogP contribution in [-0.2, 0) is 9.59 Å². The van der Waals surface area contributed by atoms with E-state index in [1.165, 1.54) is 0 Å². The average Bonchev–Trinajstić information content (AvgIpc) is 1.63. The van der Waals surface area contributed by atoms with Crippen LogP contribution in [0.3, 0.4) is 0 Å². The van der Waals surface area contributed by atoms with E-state index in [4.69, 9.17) is 34.8 Å². The van der Waals surface area contributed by atoms with E-state index in [0.29, 0.717) is 0 Å². The molecule has 0 rings (SSSR count). The fourth-order valence-corrected chi connectivity index (χ4v) is 0. The van der Waals surface area contributed by atoms with Gasteiger partial charge in [0, 0.05) is 0 Å². The van der Waals surface area contributed by atoms with Crippen molar-refractivity contribution in [2.24, 2.45) is 0 Å². The summed E-state index contributed by atoms with van der Waals surface area (Å²) < 4.78 is 0. The van der Waals surface area contributed by atoms with Crippen LogP contribution in [0.2, 0.25) is 0 Å². The largest absolute Gasteiger partial charge is 1.00 e. The summed E-state index contributed by atoms with van der Waals surface area (Å²) in [6.45, 7) is 0. The predicted molar refractivity (Wildman–Crippen MR) is 20.7 cm³/mol. The molecular formula is C3H2Na2O7. The number of carbonyl (C=O) groups excluding carboxylic acids is 1. The molecule has 0 fully saturated rings. The van der Waals surface area contributed by atoms with Gasteiger partial charge < -0.3 is 30.0 Å². The summed E-state index contributed by atoms with van der Waals surface area (Å²) in [5.41, 5.74) is 0. The minimum Gasteiger partial charge on any atom is -0.565 e. The molecule has 0 amide bonds. The quantitative estimate of drug-likeness (QED) is 0.289. The first-order valence-electron chi connectivity index (χ1n) is 1.72. The molecular weight excluding hydrogens is 194 g/mol. The van der Waals surface area contributed by atoms with Gasteiger partial charge in [-0.05, 0) is 0 Å². The van der Waals surface area contributed by atoms with Gasteiger partial charge in [0.05, 0.1) is 0 Å². The molecule has 12 heavy (non-hydrogen) atoms. The first-order valence-corrected chi connectivity index (χ1v) is 1.72. The molecule has 0 aliphatic rings. The Labute approximate surface area is 111 Å². The summed E-state index contributed by atoms with van der Waals surface area (Å²) in [6.07, 6.45) is -2.08. The van der Waals surface area contributed by atoms with Gasteiger partial charge in [0.15, 0.2) is 5.97 Å². The molecule has 0 aliphatic heterocycles. The zero-order chi connectivity index (χ0) is 8.73. The molecule has 58 valence electrons. The predicted octanol–water partition coefficient (Wildman–Crippen LogP) is -9.28. The molecule has 0 aromatic rings. The zero-order valence-electron chi connectivity index (χ0n) is 6.44. The smallest absolute Gasteiger partial charge is 0.565 e. The molecule has 0 spiro atoms. The standard InChI is InChI=1S/C2H2O4.CH2O3.2Na/c3-1(4)2(5)6;2-1(3)4;;/h(H,3,4)(H,5,6);(H2,2,3,4);;/q;;2*+1/p-2. The van der Waals surface area contributed by atoms with E-state index in [1.807, 2.05) is 0 Å². The van der Waals surface area contributed by atoms with Crippen LogP contribution in [0.1, 0.15) is 0 Å². The van der Waals surface area contributed by atoms with Crippen molar-refractivity contribution >= 4 is 18.1 Å². The molecule has 0 saturated carbocycles. The van der Waals surface area contributed by atoms with E-state index in [-0.39, 0.29) is 59.1 Å². The summed E-state index contributed by atoms with van der Waals surface area (Å²) in [5, 5.41) is 31.6. The van der Waals surface area contributed by atoms with Gasteiger partial charge in [0.2, 0.25) is 6.16 Å². The SMILES string of the molecule is O=C([O-])C(=O)O.O=C([O-])O.[Na+].[Na+]. The Balaban J connectivity index is -0.0000000483. The van der Waals surface area contributed by atoms with E-state index >= 15 is 0 Å². The first kappa shape index (κ1) is 22.8. The van der Waals surface area contributed by atoms with Crippen molar-refractivity contribution in [3.8, 4) is 0 Å². The Bertz CT molecular complexity index is 139. The molecule has 0 bridgehead atoms. The molecule has 0 aromatic carbocycles. The topological polar surface area (TPSA) is 138 Å². The van der Waals surface area contributed by atoms with Crippen molar-refractivity contribution in [2.45, 2.75) is 0 Å². The molecule has 0 heterocycles. The number of carboxylic acid groups (broad SMARTS) is 4. The van der Waals surface area contributed by atoms with E-state index in [0.717, 1.165) is 0 Å². The Kier molecular flexibility index (Phi) is 26.1. The molecule has 7 nitrogen and oxygen atoms in total. The van der Waals surface area contributed by atoms with E-state index in [1.54, 1.807) is 0 Å². The second kappa shape index (κ2) is 13.8. The summed E-state index contributed by atoms with van der Waals surface area (Å²) >= 11 is 0. The molecule has 0 radical (unpaired) electrons. The second-order valence-corrected chi connectivity index (χ2v) is 0.859. The molecule has 0 unspecified atom stereocenters. The Morgan fingerprint density at radius 1 is 0.917 bits per heavy atom. The molecule has 2 N–H and O–H groups in total. The van der Waals surface area contributed by atoms with Crippen LogP contribution in [0.5, 0.6) is 0 Å². The van der Waals surface area contributed by atoms with Crippen molar-refractivity contribution < 1.29 is 93.9 Å². The summed E-state index contributed by atoms with van der Waals surface area (Å²) in [5.74, 6) is -4.01. The Morgan fingerprint density at radius 3 is 1.00 bits per heavy atom. The van der Waals surface area contributed by atoms with Gasteiger partial charge in [-0.25, -0.2) is 4.79 Å². The second-order valence-electron chi connectivity index (χ2n) is 0.859. The maximum atomic E-state index is 9.04. The molecule has 0 aliphatic carbocycles. The summed E-state index contributed by atoms with van der Waals surface area (Å²) in [4.78, 5) is 26.5. The summed E-state index contributed by atoms with van der Waals surface area (Å²) in [6, 6.07) is 0. The van der Waals surface area contributed by atoms with Gasteiger partial charge in [0.1, 0.15) is 0 Å². The Morgan fingerprint density at radius 2 is 1.00 bits per heavy atom. The van der Waals surface area contributed by atoms with Gasteiger partial charge in [-0.3, -0.25) is 0 Å². The van der Waals surface area contributed by atoms with Crippen LogP contribution in [0.25, 0.3) is 0 Å². The van der Waals surface area contributed by atoms with Crippen molar-refractivity contribution in [3.05, 3.63) is 0 Å². The number of carbonyl (C=O) groups is 3. The fourth-order valence-electron chi connectivity index (χ4n) is 0. The van der Waals surface area contributed by atoms with Gasteiger partial charge in [0.25, 0.3) is 0 Å². The van der Waals surface area contributed by atoms with Crippen molar-refractivity contribution in [2.75, 3.05) is 0 Å². The average molecular weight is 196 g/mol.